The van der Waals surface area contributed by atoms with Gasteiger partial charge in [0.15, 0.2) is 0 Å². The molecule has 0 fully saturated rings. The third kappa shape index (κ3) is 3.71. The predicted molar refractivity (Wildman–Crippen MR) is 107 cm³/mol. The molecule has 0 bridgehead atoms. The van der Waals surface area contributed by atoms with E-state index < -0.39 is 22.1 Å². The molecule has 7 heteroatoms. The Morgan fingerprint density at radius 1 is 1.14 bits per heavy atom. The first-order chi connectivity index (χ1) is 13.0. The third-order valence-electron chi connectivity index (χ3n) is 4.77. The van der Waals surface area contributed by atoms with Gasteiger partial charge in [-0.2, -0.15) is 0 Å². The molecule has 1 aliphatic rings. The van der Waals surface area contributed by atoms with Crippen LogP contribution in [0.5, 0.6) is 5.75 Å². The Kier molecular flexibility index (Phi) is 5.14. The number of anilines is 1. The number of hydrogen-bond donors (Lipinski definition) is 0. The van der Waals surface area contributed by atoms with Gasteiger partial charge in [-0.1, -0.05) is 44.5 Å². The number of benzene rings is 2. The molecule has 2 aromatic carbocycles. The number of carbonyl (C=O) groups excluding carboxylic acids is 1. The molecule has 150 valence electrons. The number of hydrogen-bond acceptors (Lipinski definition) is 5. The zero-order valence-corrected chi connectivity index (χ0v) is 17.5. The van der Waals surface area contributed by atoms with E-state index in [9.17, 15) is 13.2 Å². The molecule has 0 spiro atoms. The summed E-state index contributed by atoms with van der Waals surface area (Å²) < 4.78 is 38.6. The average molecular weight is 404 g/mol. The largest absolute Gasteiger partial charge is 0.475 e. The van der Waals surface area contributed by atoms with Gasteiger partial charge < -0.3 is 9.47 Å². The molecule has 28 heavy (non-hydrogen) atoms. The van der Waals surface area contributed by atoms with Crippen LogP contribution in [-0.2, 0) is 25.0 Å². The van der Waals surface area contributed by atoms with Crippen LogP contribution in [0.25, 0.3) is 0 Å². The molecule has 0 aliphatic carbocycles. The number of carbonyl (C=O) groups is 1. The van der Waals surface area contributed by atoms with E-state index in [1.165, 1.54) is 11.4 Å². The van der Waals surface area contributed by atoms with Crippen LogP contribution in [0.4, 0.5) is 5.69 Å². The maximum atomic E-state index is 13.4. The van der Waals surface area contributed by atoms with Gasteiger partial charge in [0.1, 0.15) is 5.75 Å². The van der Waals surface area contributed by atoms with Crippen LogP contribution in [0.2, 0.25) is 0 Å². The van der Waals surface area contributed by atoms with E-state index in [0.717, 1.165) is 11.1 Å². The SMILES string of the molecule is COC(=O)C1CN(S(=O)(=O)c2ccc(C)cc2)c2cc(C(C)(C)C)ccc2O1. The first-order valence-electron chi connectivity index (χ1n) is 9.02. The number of fused-ring (bicyclic) bond motifs is 1. The molecule has 0 amide bonds. The minimum absolute atomic E-state index is 0.149. The molecule has 0 aromatic heterocycles. The van der Waals surface area contributed by atoms with Crippen LogP contribution >= 0.6 is 0 Å². The second-order valence-electron chi connectivity index (χ2n) is 7.91. The van der Waals surface area contributed by atoms with E-state index in [4.69, 9.17) is 9.47 Å². The van der Waals surface area contributed by atoms with Crippen molar-refractivity contribution in [2.75, 3.05) is 18.0 Å². The number of esters is 1. The molecule has 2 aromatic rings. The molecule has 0 saturated heterocycles. The highest BCUT2D eigenvalue weighted by atomic mass is 32.2. The molecule has 1 atom stereocenters. The Labute approximate surface area is 166 Å². The van der Waals surface area contributed by atoms with E-state index in [0.29, 0.717) is 11.4 Å². The van der Waals surface area contributed by atoms with Gasteiger partial charge in [0.2, 0.25) is 6.10 Å². The zero-order valence-electron chi connectivity index (χ0n) is 16.7. The van der Waals surface area contributed by atoms with Crippen molar-refractivity contribution in [3.63, 3.8) is 0 Å². The zero-order chi connectivity index (χ0) is 20.7. The van der Waals surface area contributed by atoms with E-state index in [1.54, 1.807) is 30.3 Å². The normalized spacial score (nSPS) is 16.9. The Morgan fingerprint density at radius 3 is 2.36 bits per heavy atom. The summed E-state index contributed by atoms with van der Waals surface area (Å²) in [5, 5.41) is 0. The van der Waals surface area contributed by atoms with E-state index in [2.05, 4.69) is 20.8 Å². The Morgan fingerprint density at radius 2 is 1.79 bits per heavy atom. The Balaban J connectivity index is 2.15. The first kappa shape index (κ1) is 20.2. The summed E-state index contributed by atoms with van der Waals surface area (Å²) in [6, 6.07) is 12.0. The van der Waals surface area contributed by atoms with E-state index in [-0.39, 0.29) is 16.9 Å². The average Bonchev–Trinajstić information content (AvgIpc) is 2.65. The van der Waals surface area contributed by atoms with Gasteiger partial charge in [0, 0.05) is 0 Å². The summed E-state index contributed by atoms with van der Waals surface area (Å²) in [5.41, 5.74) is 2.18. The topological polar surface area (TPSA) is 72.9 Å². The highest BCUT2D eigenvalue weighted by Crippen LogP contribution is 2.40. The fraction of sp³-hybridized carbons (Fsp3) is 0.381. The van der Waals surface area contributed by atoms with Crippen molar-refractivity contribution in [3.8, 4) is 5.75 Å². The van der Waals surface area contributed by atoms with Gasteiger partial charge in [-0.05, 0) is 42.2 Å². The molecule has 0 N–H and O–H groups in total. The molecule has 3 rings (SSSR count). The summed E-state index contributed by atoms with van der Waals surface area (Å²) in [4.78, 5) is 12.3. The van der Waals surface area contributed by atoms with Crippen molar-refractivity contribution in [1.29, 1.82) is 0 Å². The van der Waals surface area contributed by atoms with Crippen molar-refractivity contribution in [2.24, 2.45) is 0 Å². The molecule has 0 radical (unpaired) electrons. The molecular formula is C21H25NO5S. The van der Waals surface area contributed by atoms with Crippen LogP contribution in [0.3, 0.4) is 0 Å². The van der Waals surface area contributed by atoms with Crippen molar-refractivity contribution in [3.05, 3.63) is 53.6 Å². The molecule has 1 aliphatic heterocycles. The van der Waals surface area contributed by atoms with Crippen LogP contribution in [0.15, 0.2) is 47.4 Å². The lowest BCUT2D eigenvalue weighted by Crippen LogP contribution is -2.47. The summed E-state index contributed by atoms with van der Waals surface area (Å²) in [6.45, 7) is 7.89. The second kappa shape index (κ2) is 7.13. The summed E-state index contributed by atoms with van der Waals surface area (Å²) in [6.07, 6.45) is -1.03. The number of rotatable bonds is 3. The van der Waals surface area contributed by atoms with Gasteiger partial charge in [0.25, 0.3) is 10.0 Å². The highest BCUT2D eigenvalue weighted by Gasteiger charge is 2.38. The molecule has 6 nitrogen and oxygen atoms in total. The minimum atomic E-state index is -3.88. The van der Waals surface area contributed by atoms with Crippen LogP contribution in [0.1, 0.15) is 31.9 Å². The molecular weight excluding hydrogens is 378 g/mol. The van der Waals surface area contributed by atoms with Crippen LogP contribution in [-0.4, -0.2) is 34.1 Å². The second-order valence-corrected chi connectivity index (χ2v) is 9.77. The quantitative estimate of drug-likeness (QED) is 0.734. The minimum Gasteiger partial charge on any atom is -0.475 e. The van der Waals surface area contributed by atoms with Gasteiger partial charge in [-0.25, -0.2) is 13.2 Å². The maximum Gasteiger partial charge on any atom is 0.348 e. The van der Waals surface area contributed by atoms with Crippen LogP contribution < -0.4 is 9.04 Å². The van der Waals surface area contributed by atoms with Crippen LogP contribution in [0, 0.1) is 6.92 Å². The Bertz CT molecular complexity index is 990. The van der Waals surface area contributed by atoms with Gasteiger partial charge in [-0.3, -0.25) is 4.31 Å². The molecule has 1 heterocycles. The number of methoxy groups -OCH3 is 1. The summed E-state index contributed by atoms with van der Waals surface area (Å²) in [5.74, 6) is -0.278. The highest BCUT2D eigenvalue weighted by molar-refractivity contribution is 7.92. The van der Waals surface area contributed by atoms with E-state index >= 15 is 0 Å². The van der Waals surface area contributed by atoms with Gasteiger partial charge in [0.05, 0.1) is 24.2 Å². The Hall–Kier alpha value is -2.54. The standard InChI is InChI=1S/C21H25NO5S/c1-14-6-9-16(10-7-14)28(24,25)22-13-19(20(23)26-5)27-18-11-8-15(12-17(18)22)21(2,3)4/h6-12,19H,13H2,1-5H3. The van der Waals surface area contributed by atoms with Crippen molar-refractivity contribution in [2.45, 2.75) is 44.1 Å². The monoisotopic (exact) mass is 403 g/mol. The summed E-state index contributed by atoms with van der Waals surface area (Å²) in [7, 11) is -2.63. The number of aryl methyl sites for hydroxylation is 1. The number of sulfonamides is 1. The lowest BCUT2D eigenvalue weighted by Gasteiger charge is -2.35. The molecule has 0 saturated carbocycles. The lowest BCUT2D eigenvalue weighted by molar-refractivity contribution is -0.148. The fourth-order valence-electron chi connectivity index (χ4n) is 3.04. The van der Waals surface area contributed by atoms with Crippen molar-refractivity contribution in [1.82, 2.24) is 0 Å². The fourth-order valence-corrected chi connectivity index (χ4v) is 4.50. The smallest absolute Gasteiger partial charge is 0.348 e. The predicted octanol–water partition coefficient (Wildman–Crippen LogP) is 3.42. The maximum absolute atomic E-state index is 13.4. The third-order valence-corrected chi connectivity index (χ3v) is 6.56. The van der Waals surface area contributed by atoms with E-state index in [1.807, 2.05) is 19.1 Å². The van der Waals surface area contributed by atoms with Gasteiger partial charge in [-0.15, -0.1) is 0 Å². The lowest BCUT2D eigenvalue weighted by atomic mass is 9.86. The van der Waals surface area contributed by atoms with Gasteiger partial charge >= 0.3 is 5.97 Å². The number of nitrogens with zero attached hydrogens (tertiary/aromatic N) is 1. The summed E-state index contributed by atoms with van der Waals surface area (Å²) >= 11 is 0. The molecule has 1 unspecified atom stereocenters. The first-order valence-corrected chi connectivity index (χ1v) is 10.5. The van der Waals surface area contributed by atoms with Crippen molar-refractivity contribution < 1.29 is 22.7 Å². The van der Waals surface area contributed by atoms with Crippen molar-refractivity contribution >= 4 is 21.7 Å². The number of ether oxygens (including phenoxy) is 2.